The molecule has 1 heterocycles. The second-order valence-corrected chi connectivity index (χ2v) is 8.96. The van der Waals surface area contributed by atoms with E-state index in [9.17, 15) is 9.36 Å². The lowest BCUT2D eigenvalue weighted by Gasteiger charge is -2.27. The van der Waals surface area contributed by atoms with Crippen LogP contribution in [-0.4, -0.2) is 26.9 Å². The molecule has 1 aromatic heterocycles. The first-order chi connectivity index (χ1) is 15.0. The molecule has 1 unspecified atom stereocenters. The van der Waals surface area contributed by atoms with Crippen molar-refractivity contribution in [2.24, 2.45) is 0 Å². The van der Waals surface area contributed by atoms with Crippen LogP contribution in [0.2, 0.25) is 0 Å². The molecule has 0 aliphatic heterocycles. The summed E-state index contributed by atoms with van der Waals surface area (Å²) in [5.74, 6) is -0.174. The molecular formula is C23H28NO6P. The topological polar surface area (TPSA) is 87.0 Å². The molecule has 0 aliphatic carbocycles. The Bertz CT molecular complexity index is 1090. The van der Waals surface area contributed by atoms with Crippen LogP contribution in [0.25, 0.3) is 11.0 Å². The number of ether oxygens (including phenoxy) is 1. The number of hydrogen-bond donors (Lipinski definition) is 1. The van der Waals surface area contributed by atoms with Crippen LogP contribution in [0.1, 0.15) is 30.8 Å². The molecule has 3 aromatic rings. The third kappa shape index (κ3) is 5.43. The molecule has 166 valence electrons. The fourth-order valence-electron chi connectivity index (χ4n) is 3.37. The quantitative estimate of drug-likeness (QED) is 0.420. The van der Waals surface area contributed by atoms with Gasteiger partial charge in [-0.1, -0.05) is 24.3 Å². The summed E-state index contributed by atoms with van der Waals surface area (Å²) in [4.78, 5) is 13.2. The molecule has 0 spiro atoms. The highest BCUT2D eigenvalue weighted by Crippen LogP contribution is 2.59. The number of methoxy groups -OCH3 is 1. The Kier molecular flexibility index (Phi) is 8.04. The number of rotatable bonds is 11. The SMILES string of the molecule is CCOP(=O)(OCC)C(NCCc1ccc(OC)cc1)c1coc2ccccc2c1=O. The third-order valence-corrected chi connectivity index (χ3v) is 7.18. The van der Waals surface area contributed by atoms with E-state index in [4.69, 9.17) is 18.2 Å². The maximum absolute atomic E-state index is 13.6. The molecule has 8 heteroatoms. The van der Waals surface area contributed by atoms with Crippen LogP contribution in [0.3, 0.4) is 0 Å². The van der Waals surface area contributed by atoms with E-state index in [2.05, 4.69) is 5.32 Å². The fraction of sp³-hybridized carbons (Fsp3) is 0.348. The zero-order chi connectivity index (χ0) is 22.3. The van der Waals surface area contributed by atoms with Crippen molar-refractivity contribution in [2.75, 3.05) is 26.9 Å². The fourth-order valence-corrected chi connectivity index (χ4v) is 5.33. The van der Waals surface area contributed by atoms with Crippen molar-refractivity contribution < 1.29 is 22.8 Å². The number of para-hydroxylation sites is 1. The zero-order valence-electron chi connectivity index (χ0n) is 18.0. The smallest absolute Gasteiger partial charge is 0.352 e. The molecule has 7 nitrogen and oxygen atoms in total. The van der Waals surface area contributed by atoms with Gasteiger partial charge < -0.3 is 18.2 Å². The van der Waals surface area contributed by atoms with Gasteiger partial charge in [0.1, 0.15) is 23.4 Å². The van der Waals surface area contributed by atoms with Gasteiger partial charge in [-0.15, -0.1) is 0 Å². The van der Waals surface area contributed by atoms with Crippen molar-refractivity contribution in [3.8, 4) is 5.75 Å². The first kappa shape index (κ1) is 23.2. The van der Waals surface area contributed by atoms with Gasteiger partial charge in [0.25, 0.3) is 0 Å². The summed E-state index contributed by atoms with van der Waals surface area (Å²) in [5, 5.41) is 3.64. The van der Waals surface area contributed by atoms with Gasteiger partial charge in [-0.05, 0) is 50.1 Å². The monoisotopic (exact) mass is 445 g/mol. The van der Waals surface area contributed by atoms with Gasteiger partial charge in [-0.3, -0.25) is 14.7 Å². The molecule has 0 amide bonds. The summed E-state index contributed by atoms with van der Waals surface area (Å²) in [6.07, 6.45) is 2.00. The van der Waals surface area contributed by atoms with E-state index in [1.54, 1.807) is 45.2 Å². The van der Waals surface area contributed by atoms with E-state index >= 15 is 0 Å². The van der Waals surface area contributed by atoms with Crippen LogP contribution in [-0.2, 0) is 20.0 Å². The molecule has 0 fully saturated rings. The van der Waals surface area contributed by atoms with Crippen molar-refractivity contribution in [1.29, 1.82) is 0 Å². The maximum Gasteiger partial charge on any atom is 0.352 e. The predicted molar refractivity (Wildman–Crippen MR) is 121 cm³/mol. The van der Waals surface area contributed by atoms with E-state index in [0.717, 1.165) is 11.3 Å². The van der Waals surface area contributed by atoms with Gasteiger partial charge in [-0.25, -0.2) is 0 Å². The normalized spacial score (nSPS) is 12.7. The molecule has 2 aromatic carbocycles. The van der Waals surface area contributed by atoms with Crippen LogP contribution < -0.4 is 15.5 Å². The molecular weight excluding hydrogens is 417 g/mol. The lowest BCUT2D eigenvalue weighted by Crippen LogP contribution is -2.29. The third-order valence-electron chi connectivity index (χ3n) is 4.85. The average Bonchev–Trinajstić information content (AvgIpc) is 2.78. The zero-order valence-corrected chi connectivity index (χ0v) is 18.9. The summed E-state index contributed by atoms with van der Waals surface area (Å²) in [6, 6.07) is 14.7. The van der Waals surface area contributed by atoms with Crippen molar-refractivity contribution in [3.05, 3.63) is 76.1 Å². The summed E-state index contributed by atoms with van der Waals surface area (Å²) < 4.78 is 35.6. The van der Waals surface area contributed by atoms with Crippen molar-refractivity contribution in [2.45, 2.75) is 26.1 Å². The van der Waals surface area contributed by atoms with Gasteiger partial charge >= 0.3 is 7.60 Å². The van der Waals surface area contributed by atoms with Crippen molar-refractivity contribution >= 4 is 18.6 Å². The highest BCUT2D eigenvalue weighted by molar-refractivity contribution is 7.54. The first-order valence-electron chi connectivity index (χ1n) is 10.3. The second kappa shape index (κ2) is 10.7. The highest BCUT2D eigenvalue weighted by Gasteiger charge is 2.38. The maximum atomic E-state index is 13.6. The number of fused-ring (bicyclic) bond motifs is 1. The molecule has 1 N–H and O–H groups in total. The van der Waals surface area contributed by atoms with Gasteiger partial charge in [0.2, 0.25) is 0 Å². The standard InChI is InChI=1S/C23H28NO6P/c1-4-29-31(26,30-5-2)23(24-15-14-17-10-12-18(27-3)13-11-17)20-16-28-21-9-7-6-8-19(21)22(20)25/h6-13,16,23-24H,4-5,14-15H2,1-3H3. The lowest BCUT2D eigenvalue weighted by atomic mass is 10.1. The Hall–Kier alpha value is -2.44. The molecule has 31 heavy (non-hydrogen) atoms. The minimum atomic E-state index is -3.68. The Morgan fingerprint density at radius 2 is 1.71 bits per heavy atom. The van der Waals surface area contributed by atoms with E-state index in [1.165, 1.54) is 6.26 Å². The Labute approximate surface area is 181 Å². The predicted octanol–water partition coefficient (Wildman–Crippen LogP) is 4.90. The summed E-state index contributed by atoms with van der Waals surface area (Å²) in [6.45, 7) is 4.30. The van der Waals surface area contributed by atoms with Crippen LogP contribution in [0.4, 0.5) is 0 Å². The number of benzene rings is 2. The van der Waals surface area contributed by atoms with Gasteiger partial charge in [0.15, 0.2) is 5.43 Å². The average molecular weight is 445 g/mol. The van der Waals surface area contributed by atoms with Crippen molar-refractivity contribution in [1.82, 2.24) is 5.32 Å². The van der Waals surface area contributed by atoms with Crippen molar-refractivity contribution in [3.63, 3.8) is 0 Å². The van der Waals surface area contributed by atoms with Crippen LogP contribution >= 0.6 is 7.60 Å². The molecule has 0 saturated carbocycles. The molecule has 0 bridgehead atoms. The van der Waals surface area contributed by atoms with Crippen LogP contribution in [0.5, 0.6) is 5.75 Å². The van der Waals surface area contributed by atoms with Gasteiger partial charge in [-0.2, -0.15) is 0 Å². The van der Waals surface area contributed by atoms with E-state index in [0.29, 0.717) is 23.9 Å². The van der Waals surface area contributed by atoms with Gasteiger partial charge in [0.05, 0.1) is 31.3 Å². The molecule has 3 rings (SSSR count). The summed E-state index contributed by atoms with van der Waals surface area (Å²) in [5.41, 5.74) is 1.50. The minimum absolute atomic E-state index is 0.187. The lowest BCUT2D eigenvalue weighted by molar-refractivity contribution is 0.207. The molecule has 0 aliphatic rings. The van der Waals surface area contributed by atoms with Crippen LogP contribution in [0, 0.1) is 0 Å². The molecule has 1 atom stereocenters. The Morgan fingerprint density at radius 3 is 2.35 bits per heavy atom. The van der Waals surface area contributed by atoms with E-state index in [-0.39, 0.29) is 24.2 Å². The Morgan fingerprint density at radius 1 is 1.03 bits per heavy atom. The molecule has 0 radical (unpaired) electrons. The van der Waals surface area contributed by atoms with Gasteiger partial charge in [0, 0.05) is 6.54 Å². The number of nitrogens with one attached hydrogen (secondary N) is 1. The molecule has 0 saturated heterocycles. The first-order valence-corrected chi connectivity index (χ1v) is 11.9. The summed E-state index contributed by atoms with van der Waals surface area (Å²) in [7, 11) is -2.06. The minimum Gasteiger partial charge on any atom is -0.497 e. The highest BCUT2D eigenvalue weighted by atomic mass is 31.2. The van der Waals surface area contributed by atoms with E-state index < -0.39 is 13.4 Å². The van der Waals surface area contributed by atoms with E-state index in [1.807, 2.05) is 24.3 Å². The largest absolute Gasteiger partial charge is 0.497 e. The second-order valence-electron chi connectivity index (χ2n) is 6.85. The van der Waals surface area contributed by atoms with Crippen LogP contribution in [0.15, 0.2) is 64.0 Å². The Balaban J connectivity index is 1.92. The number of hydrogen-bond acceptors (Lipinski definition) is 7. The summed E-state index contributed by atoms with van der Waals surface area (Å²) >= 11 is 0.